The van der Waals surface area contributed by atoms with Crippen LogP contribution in [0, 0.1) is 10.1 Å². The second-order valence-corrected chi connectivity index (χ2v) is 7.95. The number of nitrogens with one attached hydrogen (secondary N) is 1. The van der Waals surface area contributed by atoms with Gasteiger partial charge >= 0.3 is 5.97 Å². The van der Waals surface area contributed by atoms with Crippen molar-refractivity contribution in [3.8, 4) is 5.75 Å². The van der Waals surface area contributed by atoms with Crippen molar-refractivity contribution in [2.75, 3.05) is 13.7 Å². The molecule has 0 saturated carbocycles. The molecule has 0 aliphatic rings. The molecule has 0 fully saturated rings. The smallest absolute Gasteiger partial charge is 0.307 e. The molecule has 1 N–H and O–H groups in total. The maximum Gasteiger partial charge on any atom is 0.307 e. The first-order valence-electron chi connectivity index (χ1n) is 8.43. The van der Waals surface area contributed by atoms with E-state index in [1.54, 1.807) is 6.92 Å². The summed E-state index contributed by atoms with van der Waals surface area (Å²) in [6, 6.07) is 8.30. The molecule has 1 atom stereocenters. The zero-order valence-corrected chi connectivity index (χ0v) is 17.2. The summed E-state index contributed by atoms with van der Waals surface area (Å²) in [6.45, 7) is 1.72. The van der Waals surface area contributed by atoms with Crippen LogP contribution in [0.25, 0.3) is 0 Å². The number of nitro groups is 1. The summed E-state index contributed by atoms with van der Waals surface area (Å²) in [5.74, 6) is -0.611. The average Bonchev–Trinajstić information content (AvgIpc) is 2.67. The molecule has 0 aliphatic heterocycles. The first-order chi connectivity index (χ1) is 13.7. The highest BCUT2D eigenvalue weighted by atomic mass is 35.5. The number of nitrogens with zero attached hydrogens (tertiary/aromatic N) is 1. The molecule has 0 amide bonds. The van der Waals surface area contributed by atoms with E-state index in [0.29, 0.717) is 0 Å². The molecule has 0 spiro atoms. The van der Waals surface area contributed by atoms with Crippen molar-refractivity contribution in [3.05, 3.63) is 63.2 Å². The van der Waals surface area contributed by atoms with E-state index < -0.39 is 27.0 Å². The summed E-state index contributed by atoms with van der Waals surface area (Å²) in [7, 11) is -2.90. The van der Waals surface area contributed by atoms with Gasteiger partial charge < -0.3 is 9.47 Å². The van der Waals surface area contributed by atoms with E-state index in [2.05, 4.69) is 4.72 Å². The second-order valence-electron chi connectivity index (χ2n) is 5.83. The molecule has 2 aromatic carbocycles. The molecule has 2 rings (SSSR count). The van der Waals surface area contributed by atoms with Crippen LogP contribution in [0.2, 0.25) is 5.02 Å². The molecule has 11 heteroatoms. The summed E-state index contributed by atoms with van der Waals surface area (Å²) >= 11 is 5.92. The molecule has 0 saturated heterocycles. The Bertz CT molecular complexity index is 1010. The number of ether oxygens (including phenoxy) is 2. The number of halogens is 1. The van der Waals surface area contributed by atoms with Crippen molar-refractivity contribution < 1.29 is 27.6 Å². The van der Waals surface area contributed by atoms with Gasteiger partial charge in [0, 0.05) is 17.2 Å². The lowest BCUT2D eigenvalue weighted by Crippen LogP contribution is -2.31. The van der Waals surface area contributed by atoms with E-state index in [0.717, 1.165) is 0 Å². The molecule has 0 radical (unpaired) electrons. The molecule has 0 heterocycles. The maximum atomic E-state index is 13.0. The topological polar surface area (TPSA) is 125 Å². The first kappa shape index (κ1) is 22.6. The highest BCUT2D eigenvalue weighted by Crippen LogP contribution is 2.30. The molecule has 0 aliphatic carbocycles. The van der Waals surface area contributed by atoms with Gasteiger partial charge in [0.05, 0.1) is 31.1 Å². The number of sulfonamides is 1. The number of hydrogen-bond acceptors (Lipinski definition) is 7. The number of hydrogen-bond donors (Lipinski definition) is 1. The molecule has 2 aromatic rings. The molecule has 29 heavy (non-hydrogen) atoms. The number of rotatable bonds is 9. The van der Waals surface area contributed by atoms with Crippen LogP contribution in [0.1, 0.15) is 24.9 Å². The van der Waals surface area contributed by atoms with Gasteiger partial charge in [0.25, 0.3) is 5.69 Å². The third-order valence-electron chi connectivity index (χ3n) is 3.87. The van der Waals surface area contributed by atoms with Crippen LogP contribution in [-0.2, 0) is 19.6 Å². The minimum atomic E-state index is -4.20. The highest BCUT2D eigenvalue weighted by Gasteiger charge is 2.28. The van der Waals surface area contributed by atoms with Gasteiger partial charge in [-0.25, -0.2) is 13.1 Å². The number of esters is 1. The van der Waals surface area contributed by atoms with E-state index in [4.69, 9.17) is 21.1 Å². The third kappa shape index (κ3) is 5.89. The van der Waals surface area contributed by atoms with E-state index >= 15 is 0 Å². The fourth-order valence-electron chi connectivity index (χ4n) is 2.58. The predicted octanol–water partition coefficient (Wildman–Crippen LogP) is 3.23. The molecule has 9 nitrogen and oxygen atoms in total. The second kappa shape index (κ2) is 9.68. The quantitative estimate of drug-likeness (QED) is 0.359. The van der Waals surface area contributed by atoms with Crippen LogP contribution in [0.4, 0.5) is 5.69 Å². The van der Waals surface area contributed by atoms with Crippen molar-refractivity contribution >= 4 is 33.3 Å². The van der Waals surface area contributed by atoms with Gasteiger partial charge in [-0.3, -0.25) is 14.9 Å². The van der Waals surface area contributed by atoms with Crippen LogP contribution in [0.3, 0.4) is 0 Å². The van der Waals surface area contributed by atoms with Crippen molar-refractivity contribution in [1.29, 1.82) is 0 Å². The lowest BCUT2D eigenvalue weighted by molar-refractivity contribution is -0.384. The number of nitro benzene ring substituents is 1. The summed E-state index contributed by atoms with van der Waals surface area (Å²) in [5.41, 5.74) is -0.00674. The van der Waals surface area contributed by atoms with Crippen LogP contribution >= 0.6 is 11.6 Å². The molecule has 156 valence electrons. The van der Waals surface area contributed by atoms with Gasteiger partial charge in [0.15, 0.2) is 0 Å². The van der Waals surface area contributed by atoms with Gasteiger partial charge in [-0.1, -0.05) is 23.7 Å². The van der Waals surface area contributed by atoms with E-state index in [9.17, 15) is 23.3 Å². The highest BCUT2D eigenvalue weighted by molar-refractivity contribution is 7.89. The Hall–Kier alpha value is -2.69. The SMILES string of the molecule is CCOC(=O)C[C@@H](NS(=O)(=O)c1cc(Cl)ccc1OC)c1cccc([N+](=O)[O-])c1. The zero-order chi connectivity index (χ0) is 21.6. The zero-order valence-electron chi connectivity index (χ0n) is 15.6. The Morgan fingerprint density at radius 1 is 1.28 bits per heavy atom. The minimum absolute atomic E-state index is 0.0517. The number of carbonyl (C=O) groups excluding carboxylic acids is 1. The molecule has 0 aromatic heterocycles. The Morgan fingerprint density at radius 2 is 2.00 bits per heavy atom. The molecule has 0 bridgehead atoms. The Kier molecular flexibility index (Phi) is 7.54. The number of benzene rings is 2. The van der Waals surface area contributed by atoms with Crippen LogP contribution in [0.15, 0.2) is 47.4 Å². The van der Waals surface area contributed by atoms with Crippen molar-refractivity contribution in [2.24, 2.45) is 0 Å². The van der Waals surface area contributed by atoms with Crippen LogP contribution < -0.4 is 9.46 Å². The molecule has 0 unspecified atom stereocenters. The van der Waals surface area contributed by atoms with Crippen LogP contribution in [0.5, 0.6) is 5.75 Å². The summed E-state index contributed by atoms with van der Waals surface area (Å²) < 4.78 is 38.3. The van der Waals surface area contributed by atoms with E-state index in [-0.39, 0.29) is 39.9 Å². The fourth-order valence-corrected chi connectivity index (χ4v) is 4.24. The van der Waals surface area contributed by atoms with Gasteiger partial charge in [-0.15, -0.1) is 0 Å². The normalized spacial score (nSPS) is 12.2. The standard InChI is InChI=1S/C18H19ClN2O7S/c1-3-28-18(22)11-15(12-5-4-6-14(9-12)21(23)24)20-29(25,26)17-10-13(19)7-8-16(17)27-2/h4-10,15,20H,3,11H2,1-2H3/t15-/m1/s1. The van der Waals surface area contributed by atoms with E-state index in [1.165, 1.54) is 49.6 Å². The summed E-state index contributed by atoms with van der Waals surface area (Å²) in [4.78, 5) is 22.2. The maximum absolute atomic E-state index is 13.0. The Balaban J connectivity index is 2.47. The van der Waals surface area contributed by atoms with E-state index in [1.807, 2.05) is 0 Å². The largest absolute Gasteiger partial charge is 0.495 e. The molecular weight excluding hydrogens is 424 g/mol. The number of carbonyl (C=O) groups is 1. The monoisotopic (exact) mass is 442 g/mol. The third-order valence-corrected chi connectivity index (χ3v) is 5.60. The minimum Gasteiger partial charge on any atom is -0.495 e. The average molecular weight is 443 g/mol. The van der Waals surface area contributed by atoms with Crippen LogP contribution in [-0.4, -0.2) is 33.0 Å². The lowest BCUT2D eigenvalue weighted by atomic mass is 10.0. The number of non-ortho nitro benzene ring substituents is 1. The van der Waals surface area contributed by atoms with Gasteiger partial charge in [-0.2, -0.15) is 0 Å². The lowest BCUT2D eigenvalue weighted by Gasteiger charge is -2.19. The van der Waals surface area contributed by atoms with Crippen molar-refractivity contribution in [2.45, 2.75) is 24.3 Å². The van der Waals surface area contributed by atoms with Gasteiger partial charge in [0.1, 0.15) is 10.6 Å². The van der Waals surface area contributed by atoms with Gasteiger partial charge in [-0.05, 0) is 30.7 Å². The summed E-state index contributed by atoms with van der Waals surface area (Å²) in [6.07, 6.45) is -0.364. The van der Waals surface area contributed by atoms with Gasteiger partial charge in [0.2, 0.25) is 10.0 Å². The predicted molar refractivity (Wildman–Crippen MR) is 105 cm³/mol. The first-order valence-corrected chi connectivity index (χ1v) is 10.3. The fraction of sp³-hybridized carbons (Fsp3) is 0.278. The summed E-state index contributed by atoms with van der Waals surface area (Å²) in [5, 5.41) is 11.2. The Morgan fingerprint density at radius 3 is 2.62 bits per heavy atom. The number of methoxy groups -OCH3 is 1. The van der Waals surface area contributed by atoms with Crippen molar-refractivity contribution in [1.82, 2.24) is 4.72 Å². The Labute approximate surface area is 172 Å². The van der Waals surface area contributed by atoms with Crippen molar-refractivity contribution in [3.63, 3.8) is 0 Å². The molecular formula is C18H19ClN2O7S.